The number of fused-ring (bicyclic) bond motifs is 1. The van der Waals surface area contributed by atoms with Crippen LogP contribution >= 0.6 is 11.3 Å². The molecule has 11 heteroatoms. The lowest BCUT2D eigenvalue weighted by atomic mass is 10.2. The number of aromatic nitrogens is 2. The second-order valence-electron chi connectivity index (χ2n) is 4.91. The third-order valence-electron chi connectivity index (χ3n) is 3.21. The van der Waals surface area contributed by atoms with Crippen molar-refractivity contribution in [3.63, 3.8) is 0 Å². The number of benzene rings is 1. The average Bonchev–Trinajstić information content (AvgIpc) is 3.02. The minimum Gasteiger partial charge on any atom is -0.435 e. The summed E-state index contributed by atoms with van der Waals surface area (Å²) in [5.41, 5.74) is 0.214. The third kappa shape index (κ3) is 4.23. The molecule has 0 atom stereocenters. The lowest BCUT2D eigenvalue weighted by molar-refractivity contribution is -0.0539. The smallest absolute Gasteiger partial charge is 0.387 e. The quantitative estimate of drug-likeness (QED) is 0.626. The van der Waals surface area contributed by atoms with Crippen LogP contribution < -0.4 is 20.3 Å². The van der Waals surface area contributed by atoms with E-state index in [-0.39, 0.29) is 29.3 Å². The second-order valence-corrected chi connectivity index (χ2v) is 5.78. The molecule has 0 aliphatic heterocycles. The summed E-state index contributed by atoms with van der Waals surface area (Å²) in [5, 5.41) is 4.50. The first-order valence-corrected chi connectivity index (χ1v) is 8.03. The average molecular weight is 389 g/mol. The van der Waals surface area contributed by atoms with Gasteiger partial charge in [0.05, 0.1) is 17.9 Å². The van der Waals surface area contributed by atoms with Crippen LogP contribution in [0.4, 0.5) is 23.2 Å². The van der Waals surface area contributed by atoms with Gasteiger partial charge >= 0.3 is 13.2 Å². The molecule has 0 aliphatic carbocycles. The van der Waals surface area contributed by atoms with Gasteiger partial charge in [0, 0.05) is 23.7 Å². The molecule has 0 saturated carbocycles. The van der Waals surface area contributed by atoms with Crippen molar-refractivity contribution in [3.8, 4) is 11.5 Å². The summed E-state index contributed by atoms with van der Waals surface area (Å²) in [6, 6.07) is 4.66. The molecule has 26 heavy (non-hydrogen) atoms. The van der Waals surface area contributed by atoms with Crippen LogP contribution in [0.25, 0.3) is 4.96 Å². The summed E-state index contributed by atoms with van der Waals surface area (Å²) in [4.78, 5) is 16.7. The molecule has 138 valence electrons. The number of hydrogen-bond donors (Lipinski definition) is 1. The zero-order chi connectivity index (χ0) is 18.7. The van der Waals surface area contributed by atoms with Gasteiger partial charge in [-0.15, -0.1) is 11.3 Å². The van der Waals surface area contributed by atoms with Crippen molar-refractivity contribution in [2.24, 2.45) is 0 Å². The third-order valence-corrected chi connectivity index (χ3v) is 3.97. The normalized spacial score (nSPS) is 11.3. The second kappa shape index (κ2) is 7.60. The van der Waals surface area contributed by atoms with Crippen molar-refractivity contribution in [2.75, 3.05) is 5.32 Å². The molecule has 0 saturated heterocycles. The van der Waals surface area contributed by atoms with E-state index in [1.54, 1.807) is 11.6 Å². The summed E-state index contributed by atoms with van der Waals surface area (Å²) >= 11 is 1.27. The van der Waals surface area contributed by atoms with Gasteiger partial charge in [-0.3, -0.25) is 9.20 Å². The van der Waals surface area contributed by atoms with Gasteiger partial charge in [0.25, 0.3) is 5.56 Å². The van der Waals surface area contributed by atoms with Gasteiger partial charge in [-0.25, -0.2) is 4.98 Å². The van der Waals surface area contributed by atoms with E-state index in [4.69, 9.17) is 0 Å². The molecule has 0 aliphatic rings. The Morgan fingerprint density at radius 3 is 2.65 bits per heavy atom. The highest BCUT2D eigenvalue weighted by atomic mass is 32.1. The Labute approximate surface area is 147 Å². The van der Waals surface area contributed by atoms with E-state index in [1.807, 2.05) is 0 Å². The van der Waals surface area contributed by atoms with Crippen LogP contribution in [0.2, 0.25) is 0 Å². The van der Waals surface area contributed by atoms with Gasteiger partial charge in [0.15, 0.2) is 10.7 Å². The summed E-state index contributed by atoms with van der Waals surface area (Å²) < 4.78 is 59.5. The van der Waals surface area contributed by atoms with Crippen LogP contribution in [0.15, 0.2) is 40.6 Å². The first-order valence-electron chi connectivity index (χ1n) is 7.15. The summed E-state index contributed by atoms with van der Waals surface area (Å²) in [6.45, 7) is -6.20. The number of anilines is 1. The summed E-state index contributed by atoms with van der Waals surface area (Å²) in [6.07, 6.45) is 1.59. The standard InChI is InChI=1S/C15H11F4N3O3S/c16-13(17)24-9-1-2-10(11(6-9)25-14(18)19)20-7-8-5-12(23)22-3-4-26-15(22)21-8/h1-6,13-14,20H,7H2. The summed E-state index contributed by atoms with van der Waals surface area (Å²) in [5.74, 6) is -0.690. The predicted octanol–water partition coefficient (Wildman–Crippen LogP) is 3.57. The van der Waals surface area contributed by atoms with E-state index in [9.17, 15) is 22.4 Å². The van der Waals surface area contributed by atoms with Crippen LogP contribution in [0.1, 0.15) is 5.69 Å². The van der Waals surface area contributed by atoms with Gasteiger partial charge in [0.1, 0.15) is 5.75 Å². The molecule has 2 heterocycles. The van der Waals surface area contributed by atoms with Crippen LogP contribution in [0.3, 0.4) is 0 Å². The van der Waals surface area contributed by atoms with Crippen molar-refractivity contribution >= 4 is 22.0 Å². The van der Waals surface area contributed by atoms with E-state index >= 15 is 0 Å². The van der Waals surface area contributed by atoms with Crippen LogP contribution in [-0.2, 0) is 6.54 Å². The Morgan fingerprint density at radius 2 is 1.92 bits per heavy atom. The van der Waals surface area contributed by atoms with E-state index in [1.165, 1.54) is 33.9 Å². The first kappa shape index (κ1) is 18.0. The molecule has 0 radical (unpaired) electrons. The highest BCUT2D eigenvalue weighted by molar-refractivity contribution is 7.15. The molecular weight excluding hydrogens is 378 g/mol. The Hall–Kier alpha value is -2.82. The van der Waals surface area contributed by atoms with Crippen LogP contribution in [-0.4, -0.2) is 22.6 Å². The van der Waals surface area contributed by atoms with Gasteiger partial charge < -0.3 is 14.8 Å². The van der Waals surface area contributed by atoms with Crippen LogP contribution in [0, 0.1) is 0 Å². The molecule has 1 N–H and O–H groups in total. The van der Waals surface area contributed by atoms with E-state index in [2.05, 4.69) is 19.8 Å². The number of rotatable bonds is 7. The molecule has 0 fully saturated rings. The number of nitrogens with one attached hydrogen (secondary N) is 1. The van der Waals surface area contributed by atoms with Crippen molar-refractivity contribution in [3.05, 3.63) is 51.9 Å². The molecule has 0 spiro atoms. The van der Waals surface area contributed by atoms with Gasteiger partial charge in [-0.05, 0) is 12.1 Å². The minimum absolute atomic E-state index is 0.0400. The molecule has 3 rings (SSSR count). The largest absolute Gasteiger partial charge is 0.435 e. The fourth-order valence-corrected chi connectivity index (χ4v) is 2.92. The van der Waals surface area contributed by atoms with Crippen molar-refractivity contribution < 1.29 is 27.0 Å². The Morgan fingerprint density at radius 1 is 1.15 bits per heavy atom. The van der Waals surface area contributed by atoms with E-state index in [0.29, 0.717) is 10.7 Å². The maximum absolute atomic E-state index is 12.6. The predicted molar refractivity (Wildman–Crippen MR) is 86.4 cm³/mol. The molecule has 1 aromatic carbocycles. The molecule has 2 aromatic heterocycles. The highest BCUT2D eigenvalue weighted by Crippen LogP contribution is 2.31. The van der Waals surface area contributed by atoms with E-state index in [0.717, 1.165) is 6.07 Å². The van der Waals surface area contributed by atoms with Gasteiger partial charge in [-0.1, -0.05) is 0 Å². The first-order chi connectivity index (χ1) is 12.4. The SMILES string of the molecule is O=c1cc(CNc2ccc(OC(F)F)cc2OC(F)F)nc2sccn12. The molecule has 0 bridgehead atoms. The lowest BCUT2D eigenvalue weighted by Crippen LogP contribution is -2.15. The topological polar surface area (TPSA) is 64.9 Å². The lowest BCUT2D eigenvalue weighted by Gasteiger charge is -2.14. The Kier molecular flexibility index (Phi) is 5.26. The molecule has 3 aromatic rings. The number of hydrogen-bond acceptors (Lipinski definition) is 6. The monoisotopic (exact) mass is 389 g/mol. The molecule has 0 amide bonds. The fraction of sp³-hybridized carbons (Fsp3) is 0.200. The zero-order valence-corrected chi connectivity index (χ0v) is 13.7. The number of alkyl halides is 4. The fourth-order valence-electron chi connectivity index (χ4n) is 2.18. The molecule has 6 nitrogen and oxygen atoms in total. The molecule has 0 unspecified atom stereocenters. The van der Waals surface area contributed by atoms with Gasteiger partial charge in [-0.2, -0.15) is 17.6 Å². The Bertz CT molecular complexity index is 961. The number of ether oxygens (including phenoxy) is 2. The highest BCUT2D eigenvalue weighted by Gasteiger charge is 2.14. The van der Waals surface area contributed by atoms with E-state index < -0.39 is 13.2 Å². The minimum atomic E-state index is -3.15. The maximum Gasteiger partial charge on any atom is 0.387 e. The van der Waals surface area contributed by atoms with Crippen molar-refractivity contribution in [1.29, 1.82) is 0 Å². The number of thiazole rings is 1. The molecular formula is C15H11F4N3O3S. The van der Waals surface area contributed by atoms with Crippen LogP contribution in [0.5, 0.6) is 11.5 Å². The zero-order valence-electron chi connectivity index (χ0n) is 12.9. The number of nitrogens with zero attached hydrogens (tertiary/aromatic N) is 2. The Balaban J connectivity index is 1.81. The number of halogens is 4. The van der Waals surface area contributed by atoms with Gasteiger partial charge in [0.2, 0.25) is 0 Å². The van der Waals surface area contributed by atoms with Crippen molar-refractivity contribution in [1.82, 2.24) is 9.38 Å². The summed E-state index contributed by atoms with van der Waals surface area (Å²) in [7, 11) is 0. The maximum atomic E-state index is 12.6. The van der Waals surface area contributed by atoms with Crippen molar-refractivity contribution in [2.45, 2.75) is 19.8 Å².